The van der Waals surface area contributed by atoms with Crippen LogP contribution in [0.1, 0.15) is 17.5 Å². The summed E-state index contributed by atoms with van der Waals surface area (Å²) in [4.78, 5) is 1.66. The molecule has 0 saturated carbocycles. The van der Waals surface area contributed by atoms with Crippen LogP contribution in [-0.2, 0) is 6.54 Å². The lowest BCUT2D eigenvalue weighted by atomic mass is 10.1. The highest BCUT2D eigenvalue weighted by atomic mass is 79.9. The van der Waals surface area contributed by atoms with Gasteiger partial charge in [-0.25, -0.2) is 13.2 Å². The first-order valence-electron chi connectivity index (χ1n) is 5.42. The average Bonchev–Trinajstić information content (AvgIpc) is 2.54. The average molecular weight is 308 g/mol. The van der Waals surface area contributed by atoms with Gasteiger partial charge in [-0.15, -0.1) is 0 Å². The van der Waals surface area contributed by atoms with Crippen LogP contribution in [0.3, 0.4) is 0 Å². The van der Waals surface area contributed by atoms with Crippen molar-refractivity contribution >= 4 is 15.9 Å². The maximum absolute atomic E-state index is 13.4. The first kappa shape index (κ1) is 12.9. The SMILES string of the molecule is Cc1cc(Br)c(F)cc1CN1CCC(F)(F)C1. The molecule has 0 unspecified atom stereocenters. The van der Waals surface area contributed by atoms with Crippen LogP contribution < -0.4 is 0 Å². The molecule has 1 aromatic carbocycles. The predicted octanol–water partition coefficient (Wildman–Crippen LogP) is 3.74. The normalized spacial score (nSPS) is 19.8. The van der Waals surface area contributed by atoms with Crippen molar-refractivity contribution in [3.8, 4) is 0 Å². The molecule has 0 aliphatic carbocycles. The third-order valence-electron chi connectivity index (χ3n) is 3.02. The molecule has 0 bridgehead atoms. The summed E-state index contributed by atoms with van der Waals surface area (Å²) in [6.07, 6.45) is -0.106. The van der Waals surface area contributed by atoms with Gasteiger partial charge in [0.15, 0.2) is 0 Å². The van der Waals surface area contributed by atoms with E-state index in [1.54, 1.807) is 11.0 Å². The Morgan fingerprint density at radius 2 is 2.12 bits per heavy atom. The molecule has 1 aliphatic heterocycles. The molecule has 0 N–H and O–H groups in total. The molecule has 5 heteroatoms. The molecule has 0 aromatic heterocycles. The molecule has 0 amide bonds. The van der Waals surface area contributed by atoms with E-state index in [4.69, 9.17) is 0 Å². The number of rotatable bonds is 2. The molecule has 1 heterocycles. The Morgan fingerprint density at radius 1 is 1.41 bits per heavy atom. The highest BCUT2D eigenvalue weighted by Crippen LogP contribution is 2.29. The molecule has 17 heavy (non-hydrogen) atoms. The van der Waals surface area contributed by atoms with Crippen molar-refractivity contribution in [3.63, 3.8) is 0 Å². The standard InChI is InChI=1S/C12H13BrF3N/c1-8-4-10(13)11(14)5-9(8)6-17-3-2-12(15,16)7-17/h4-5H,2-3,6-7H2,1H3. The molecule has 1 fully saturated rings. The van der Waals surface area contributed by atoms with Crippen LogP contribution in [0.15, 0.2) is 16.6 Å². The lowest BCUT2D eigenvalue weighted by molar-refractivity contribution is 0.0115. The van der Waals surface area contributed by atoms with Gasteiger partial charge in [0.05, 0.1) is 11.0 Å². The second-order valence-electron chi connectivity index (χ2n) is 4.51. The summed E-state index contributed by atoms with van der Waals surface area (Å²) in [6, 6.07) is 3.09. The molecule has 1 saturated heterocycles. The third kappa shape index (κ3) is 3.01. The van der Waals surface area contributed by atoms with E-state index in [0.717, 1.165) is 11.1 Å². The summed E-state index contributed by atoms with van der Waals surface area (Å²) in [5.41, 5.74) is 1.68. The zero-order valence-corrected chi connectivity index (χ0v) is 11.0. The van der Waals surface area contributed by atoms with Gasteiger partial charge in [-0.2, -0.15) is 0 Å². The van der Waals surface area contributed by atoms with Crippen molar-refractivity contribution in [2.24, 2.45) is 0 Å². The van der Waals surface area contributed by atoms with E-state index in [-0.39, 0.29) is 18.8 Å². The van der Waals surface area contributed by atoms with Crippen molar-refractivity contribution in [2.45, 2.75) is 25.8 Å². The van der Waals surface area contributed by atoms with Crippen LogP contribution in [0.4, 0.5) is 13.2 Å². The number of likely N-dealkylation sites (tertiary alicyclic amines) is 1. The summed E-state index contributed by atoms with van der Waals surface area (Å²) in [6.45, 7) is 2.37. The third-order valence-corrected chi connectivity index (χ3v) is 3.63. The maximum Gasteiger partial charge on any atom is 0.261 e. The van der Waals surface area contributed by atoms with Crippen LogP contribution in [0.5, 0.6) is 0 Å². The Labute approximate surface area is 107 Å². The van der Waals surface area contributed by atoms with Gasteiger partial charge in [-0.05, 0) is 46.1 Å². The van der Waals surface area contributed by atoms with E-state index in [9.17, 15) is 13.2 Å². The van der Waals surface area contributed by atoms with Crippen LogP contribution in [0.25, 0.3) is 0 Å². The molecule has 0 radical (unpaired) electrons. The number of hydrogen-bond donors (Lipinski definition) is 0. The smallest absolute Gasteiger partial charge is 0.261 e. The van der Waals surface area contributed by atoms with E-state index >= 15 is 0 Å². The van der Waals surface area contributed by atoms with Crippen molar-refractivity contribution in [3.05, 3.63) is 33.5 Å². The van der Waals surface area contributed by atoms with Crippen molar-refractivity contribution in [1.29, 1.82) is 0 Å². The van der Waals surface area contributed by atoms with E-state index in [2.05, 4.69) is 15.9 Å². The largest absolute Gasteiger partial charge is 0.293 e. The lowest BCUT2D eigenvalue weighted by Gasteiger charge is -2.17. The zero-order valence-electron chi connectivity index (χ0n) is 9.44. The van der Waals surface area contributed by atoms with E-state index in [1.165, 1.54) is 6.07 Å². The molecule has 1 aliphatic rings. The van der Waals surface area contributed by atoms with E-state index in [1.807, 2.05) is 6.92 Å². The fraction of sp³-hybridized carbons (Fsp3) is 0.500. The van der Waals surface area contributed by atoms with Gasteiger partial charge in [-0.1, -0.05) is 0 Å². The highest BCUT2D eigenvalue weighted by molar-refractivity contribution is 9.10. The number of alkyl halides is 2. The van der Waals surface area contributed by atoms with Gasteiger partial charge in [0, 0.05) is 19.5 Å². The van der Waals surface area contributed by atoms with Gasteiger partial charge in [0.25, 0.3) is 5.92 Å². The van der Waals surface area contributed by atoms with Crippen molar-refractivity contribution < 1.29 is 13.2 Å². The Bertz CT molecular complexity index is 434. The minimum Gasteiger partial charge on any atom is -0.293 e. The summed E-state index contributed by atoms with van der Waals surface area (Å²) in [5, 5.41) is 0. The molecule has 0 spiro atoms. The second-order valence-corrected chi connectivity index (χ2v) is 5.36. The Kier molecular flexibility index (Phi) is 3.50. The molecular weight excluding hydrogens is 295 g/mol. The van der Waals surface area contributed by atoms with Crippen molar-refractivity contribution in [2.75, 3.05) is 13.1 Å². The number of hydrogen-bond acceptors (Lipinski definition) is 1. The molecule has 94 valence electrons. The van der Waals surface area contributed by atoms with Crippen LogP contribution in [0, 0.1) is 12.7 Å². The number of halogens is 4. The van der Waals surface area contributed by atoms with Gasteiger partial charge >= 0.3 is 0 Å². The molecule has 1 aromatic rings. The Balaban J connectivity index is 2.12. The monoisotopic (exact) mass is 307 g/mol. The van der Waals surface area contributed by atoms with Crippen LogP contribution in [-0.4, -0.2) is 23.9 Å². The minimum absolute atomic E-state index is 0.106. The van der Waals surface area contributed by atoms with E-state index in [0.29, 0.717) is 17.6 Å². The summed E-state index contributed by atoms with van der Waals surface area (Å²) < 4.78 is 39.8. The van der Waals surface area contributed by atoms with E-state index < -0.39 is 5.92 Å². The van der Waals surface area contributed by atoms with Crippen LogP contribution in [0.2, 0.25) is 0 Å². The summed E-state index contributed by atoms with van der Waals surface area (Å²) >= 11 is 3.10. The Hall–Kier alpha value is -0.550. The highest BCUT2D eigenvalue weighted by Gasteiger charge is 2.38. The first-order chi connectivity index (χ1) is 7.87. The fourth-order valence-corrected chi connectivity index (χ4v) is 2.50. The summed E-state index contributed by atoms with van der Waals surface area (Å²) in [7, 11) is 0. The summed E-state index contributed by atoms with van der Waals surface area (Å²) in [5.74, 6) is -2.95. The fourth-order valence-electron chi connectivity index (χ4n) is 2.04. The Morgan fingerprint density at radius 3 is 2.71 bits per heavy atom. The molecule has 1 nitrogen and oxygen atoms in total. The van der Waals surface area contributed by atoms with Crippen LogP contribution >= 0.6 is 15.9 Å². The number of benzene rings is 1. The topological polar surface area (TPSA) is 3.24 Å². The maximum atomic E-state index is 13.4. The second kappa shape index (κ2) is 4.61. The minimum atomic E-state index is -2.60. The van der Waals surface area contributed by atoms with Gasteiger partial charge in [-0.3, -0.25) is 4.90 Å². The lowest BCUT2D eigenvalue weighted by Crippen LogP contribution is -2.25. The first-order valence-corrected chi connectivity index (χ1v) is 6.21. The quantitative estimate of drug-likeness (QED) is 0.804. The van der Waals surface area contributed by atoms with Gasteiger partial charge in [0.2, 0.25) is 0 Å². The van der Waals surface area contributed by atoms with Gasteiger partial charge in [0.1, 0.15) is 5.82 Å². The molecule has 2 rings (SSSR count). The zero-order chi connectivity index (χ0) is 12.6. The van der Waals surface area contributed by atoms with Gasteiger partial charge < -0.3 is 0 Å². The predicted molar refractivity (Wildman–Crippen MR) is 63.7 cm³/mol. The number of aryl methyl sites for hydroxylation is 1. The number of nitrogens with zero attached hydrogens (tertiary/aromatic N) is 1. The molecular formula is C12H13BrF3N. The van der Waals surface area contributed by atoms with Crippen molar-refractivity contribution in [1.82, 2.24) is 4.90 Å². The molecule has 0 atom stereocenters.